The number of carbonyl (C=O) groups is 2. The van der Waals surface area contributed by atoms with Gasteiger partial charge in [-0.2, -0.15) is 10.1 Å². The Morgan fingerprint density at radius 1 is 0.667 bits per heavy atom. The molecule has 0 heterocycles. The number of rotatable bonds is 6. The van der Waals surface area contributed by atoms with Crippen molar-refractivity contribution in [2.24, 2.45) is 0 Å². The second-order valence-electron chi connectivity index (χ2n) is 3.96. The van der Waals surface area contributed by atoms with Gasteiger partial charge in [-0.25, -0.2) is 0 Å². The molecule has 2 amide bonds. The molecule has 0 aromatic rings. The van der Waals surface area contributed by atoms with Crippen LogP contribution in [0.4, 0.5) is 0 Å². The van der Waals surface area contributed by atoms with Crippen LogP contribution in [0.5, 0.6) is 0 Å². The molecule has 0 aromatic carbocycles. The molecular formula is C23H33N2O4Rb2W2-. The first kappa shape index (κ1) is 59.7. The Bertz CT molecular complexity index is 511. The van der Waals surface area contributed by atoms with Crippen LogP contribution in [0.1, 0.15) is 27.7 Å². The third kappa shape index (κ3) is 60.3. The molecule has 0 saturated heterocycles. The fourth-order valence-electron chi connectivity index (χ4n) is 0.700. The van der Waals surface area contributed by atoms with E-state index in [9.17, 15) is 9.59 Å². The van der Waals surface area contributed by atoms with E-state index in [1.165, 1.54) is 0 Å². The molecule has 0 fully saturated rings. The van der Waals surface area contributed by atoms with Crippen LogP contribution in [0, 0.1) is 31.7 Å². The Labute approximate surface area is 328 Å². The third-order valence-corrected chi connectivity index (χ3v) is 1.98. The van der Waals surface area contributed by atoms with Gasteiger partial charge in [0.05, 0.1) is 0 Å². The van der Waals surface area contributed by atoms with Crippen LogP contribution in [0.3, 0.4) is 0 Å². The zero-order chi connectivity index (χ0) is 22.8. The van der Waals surface area contributed by atoms with Crippen LogP contribution in [-0.2, 0) is 51.7 Å². The monoisotopic (exact) mass is 939 g/mol. The van der Waals surface area contributed by atoms with Gasteiger partial charge in [0.15, 0.2) is 0 Å². The van der Waals surface area contributed by atoms with Gasteiger partial charge in [-0.05, 0) is 12.2 Å². The zero-order valence-corrected chi connectivity index (χ0v) is 36.6. The molecule has 0 aromatic heterocycles. The van der Waals surface area contributed by atoms with Crippen molar-refractivity contribution in [3.63, 3.8) is 0 Å². The maximum atomic E-state index is 10.2. The number of carbonyl (C=O) groups excluding carboxylic acids is 2. The van der Waals surface area contributed by atoms with Crippen LogP contribution < -0.4 is 116 Å². The van der Waals surface area contributed by atoms with Crippen molar-refractivity contribution in [3.05, 3.63) is 107 Å². The molecule has 174 valence electrons. The summed E-state index contributed by atoms with van der Waals surface area (Å²) in [6.45, 7) is 20.0. The van der Waals surface area contributed by atoms with Gasteiger partial charge in [-0.15, -0.1) is 27.7 Å². The average molecular weight is 940 g/mol. The zero-order valence-electron chi connectivity index (χ0n) is 20.9. The molecular weight excluding hydrogens is 907 g/mol. The Morgan fingerprint density at radius 3 is 0.909 bits per heavy atom. The van der Waals surface area contributed by atoms with Gasteiger partial charge in [0.1, 0.15) is 0 Å². The van der Waals surface area contributed by atoms with Gasteiger partial charge in [-0.3, -0.25) is 20.0 Å². The molecule has 0 spiro atoms. The summed E-state index contributed by atoms with van der Waals surface area (Å²) in [5, 5.41) is 17.6. The van der Waals surface area contributed by atoms with Crippen LogP contribution >= 0.6 is 0 Å². The van der Waals surface area contributed by atoms with E-state index in [1.54, 1.807) is 0 Å². The number of allylic oxidation sites excluding steroid dienone is 8. The number of nitrogens with zero attached hydrogens (tertiary/aromatic N) is 2. The number of amides is 2. The maximum absolute atomic E-state index is 10.2. The Hall–Kier alpha value is 1.77. The fourth-order valence-corrected chi connectivity index (χ4v) is 0.700. The predicted molar refractivity (Wildman–Crippen MR) is 118 cm³/mol. The number of hydroxylamine groups is 4. The molecule has 0 unspecified atom stereocenters. The van der Waals surface area contributed by atoms with Crippen LogP contribution in [-0.4, -0.2) is 32.4 Å². The van der Waals surface area contributed by atoms with Crippen molar-refractivity contribution in [1.82, 2.24) is 10.1 Å². The van der Waals surface area contributed by atoms with Crippen LogP contribution in [0.2, 0.25) is 0 Å². The van der Waals surface area contributed by atoms with Gasteiger partial charge < -0.3 is 56.0 Å². The van der Waals surface area contributed by atoms with Gasteiger partial charge >= 0.3 is 137 Å². The minimum atomic E-state index is -0.583. The summed E-state index contributed by atoms with van der Waals surface area (Å²) >= 11 is 0. The second kappa shape index (κ2) is 54.6. The normalized spacial score (nSPS) is 7.94. The molecule has 2 N–H and O–H groups in total. The first-order chi connectivity index (χ1) is 13.3. The predicted octanol–water partition coefficient (Wildman–Crippen LogP) is -0.989. The minimum absolute atomic E-state index is 0. The third-order valence-electron chi connectivity index (χ3n) is 1.98. The Morgan fingerprint density at radius 2 is 0.848 bits per heavy atom. The molecule has 0 aliphatic heterocycles. The first-order valence-corrected chi connectivity index (χ1v) is 7.80. The summed E-state index contributed by atoms with van der Waals surface area (Å²) in [6, 6.07) is 0. The first-order valence-electron chi connectivity index (χ1n) is 7.80. The quantitative estimate of drug-likeness (QED) is 0.118. The summed E-state index contributed by atoms with van der Waals surface area (Å²) in [6.07, 6.45) is 22.5. The standard InChI is InChI=1S/2C6H8.2C5H7NO2.CH3.2Rb.2W/c2*1-3-5-6-4-2;2*1-3-5(7)6(8)4-2;;;;;/h2*5-6H,1-2H3;2*3-4,8H,1-2H2;1H3;;;;/q2*-2;;;-1;2*+1;;+2. The van der Waals surface area contributed by atoms with Gasteiger partial charge in [0, 0.05) is 33.5 Å². The van der Waals surface area contributed by atoms with Crippen molar-refractivity contribution in [3.8, 4) is 0 Å². The van der Waals surface area contributed by atoms with Crippen molar-refractivity contribution in [2.75, 3.05) is 0 Å². The van der Waals surface area contributed by atoms with E-state index in [0.29, 0.717) is 10.1 Å². The average Bonchev–Trinajstić information content (AvgIpc) is 2.74. The van der Waals surface area contributed by atoms with E-state index in [0.717, 1.165) is 24.6 Å². The van der Waals surface area contributed by atoms with E-state index >= 15 is 0 Å². The molecule has 0 aliphatic carbocycles. The van der Waals surface area contributed by atoms with E-state index in [4.69, 9.17) is 10.4 Å². The molecule has 33 heavy (non-hydrogen) atoms. The SMILES string of the molecule is C=CC(=O)N(O)C=C.C=CC(=O)N(O)C=C.C[C-]=CC=[C-]C.C[C-]=CC=[C-]C.[CH3-].[Rb+].[Rb+].[W+2].[W]. The summed E-state index contributed by atoms with van der Waals surface area (Å²) in [5.41, 5.74) is 0. The smallest absolute Gasteiger partial charge is 0.391 e. The molecule has 0 atom stereocenters. The Balaban J connectivity index is -0.0000000319. The van der Waals surface area contributed by atoms with Crippen molar-refractivity contribution in [2.45, 2.75) is 27.7 Å². The van der Waals surface area contributed by atoms with Gasteiger partial charge in [0.25, 0.3) is 11.8 Å². The maximum Gasteiger partial charge on any atom is 2.00 e. The topological polar surface area (TPSA) is 81.1 Å². The Kier molecular flexibility index (Phi) is 98.8. The van der Waals surface area contributed by atoms with Crippen LogP contribution in [0.25, 0.3) is 0 Å². The van der Waals surface area contributed by atoms with Crippen molar-refractivity contribution in [1.29, 1.82) is 0 Å². The molecule has 0 bridgehead atoms. The summed E-state index contributed by atoms with van der Waals surface area (Å²) in [4.78, 5) is 20.5. The minimum Gasteiger partial charge on any atom is -0.391 e. The van der Waals surface area contributed by atoms with Gasteiger partial charge in [0.2, 0.25) is 0 Å². The van der Waals surface area contributed by atoms with Gasteiger partial charge in [-0.1, -0.05) is 26.3 Å². The van der Waals surface area contributed by atoms with Crippen molar-refractivity contribution < 1.29 is 179 Å². The van der Waals surface area contributed by atoms with E-state index < -0.39 is 11.8 Å². The van der Waals surface area contributed by atoms with Crippen LogP contribution in [0.15, 0.2) is 75.2 Å². The largest absolute Gasteiger partial charge is 2.00 e. The fraction of sp³-hybridized carbons (Fsp3) is 0.174. The summed E-state index contributed by atoms with van der Waals surface area (Å²) in [5.74, 6) is -1.17. The van der Waals surface area contributed by atoms with E-state index in [1.807, 2.05) is 52.0 Å². The summed E-state index contributed by atoms with van der Waals surface area (Å²) < 4.78 is 0. The molecule has 0 radical (unpaired) electrons. The van der Waals surface area contributed by atoms with Crippen molar-refractivity contribution >= 4 is 11.8 Å². The number of hydrogen-bond acceptors (Lipinski definition) is 4. The molecule has 0 aliphatic rings. The number of hydrogen-bond donors (Lipinski definition) is 2. The second-order valence-corrected chi connectivity index (χ2v) is 3.96. The van der Waals surface area contributed by atoms with E-state index in [2.05, 4.69) is 50.6 Å². The molecule has 0 rings (SSSR count). The molecule has 6 nitrogen and oxygen atoms in total. The summed E-state index contributed by atoms with van der Waals surface area (Å²) in [7, 11) is 0. The molecule has 0 saturated carbocycles. The molecule has 10 heteroatoms. The van der Waals surface area contributed by atoms with E-state index in [-0.39, 0.29) is 166 Å².